The molecule has 0 atom stereocenters. The molecule has 0 heterocycles. The Morgan fingerprint density at radius 1 is 1.26 bits per heavy atom. The van der Waals surface area contributed by atoms with E-state index in [-0.39, 0.29) is 25.5 Å². The van der Waals surface area contributed by atoms with E-state index in [4.69, 9.17) is 19.7 Å². The standard InChI is InChI=1S/C13H25NO5/c1-10-6-12(7-10)19-5-4-18-3-2-13(17)14-11(8-15)9-16/h10-12,15-16H,2-9H2,1H3,(H,14,17). The second kappa shape index (κ2) is 9.25. The van der Waals surface area contributed by atoms with Crippen LogP contribution in [0, 0.1) is 5.92 Å². The number of nitrogens with one attached hydrogen (secondary N) is 1. The van der Waals surface area contributed by atoms with Gasteiger partial charge in [-0.15, -0.1) is 0 Å². The molecule has 112 valence electrons. The van der Waals surface area contributed by atoms with Gasteiger partial charge >= 0.3 is 0 Å². The zero-order valence-electron chi connectivity index (χ0n) is 11.5. The third-order valence-corrected chi connectivity index (χ3v) is 3.19. The van der Waals surface area contributed by atoms with Gasteiger partial charge in [-0.3, -0.25) is 4.79 Å². The summed E-state index contributed by atoms with van der Waals surface area (Å²) in [4.78, 5) is 11.4. The summed E-state index contributed by atoms with van der Waals surface area (Å²) in [7, 11) is 0. The van der Waals surface area contributed by atoms with Crippen molar-refractivity contribution in [2.45, 2.75) is 38.3 Å². The number of carbonyl (C=O) groups excluding carboxylic acids is 1. The van der Waals surface area contributed by atoms with Crippen molar-refractivity contribution in [2.75, 3.05) is 33.0 Å². The van der Waals surface area contributed by atoms with Crippen LogP contribution in [0.5, 0.6) is 0 Å². The molecule has 0 saturated heterocycles. The predicted octanol–water partition coefficient (Wildman–Crippen LogP) is -0.322. The van der Waals surface area contributed by atoms with Crippen molar-refractivity contribution < 1.29 is 24.5 Å². The van der Waals surface area contributed by atoms with Gasteiger partial charge in [0.25, 0.3) is 0 Å². The number of aliphatic hydroxyl groups is 2. The maximum absolute atomic E-state index is 11.4. The number of rotatable bonds is 10. The average molecular weight is 275 g/mol. The third kappa shape index (κ3) is 6.87. The van der Waals surface area contributed by atoms with E-state index in [1.54, 1.807) is 0 Å². The van der Waals surface area contributed by atoms with Crippen molar-refractivity contribution in [1.29, 1.82) is 0 Å². The molecule has 0 unspecified atom stereocenters. The highest BCUT2D eigenvalue weighted by Gasteiger charge is 2.25. The fraction of sp³-hybridized carbons (Fsp3) is 0.923. The maximum Gasteiger partial charge on any atom is 0.222 e. The maximum atomic E-state index is 11.4. The molecule has 0 aromatic carbocycles. The van der Waals surface area contributed by atoms with Gasteiger partial charge in [-0.1, -0.05) is 6.92 Å². The second-order valence-corrected chi connectivity index (χ2v) is 5.06. The first-order chi connectivity index (χ1) is 9.15. The summed E-state index contributed by atoms with van der Waals surface area (Å²) in [6.07, 6.45) is 2.87. The SMILES string of the molecule is CC1CC(OCCOCCC(=O)NC(CO)CO)C1. The topological polar surface area (TPSA) is 88.0 Å². The van der Waals surface area contributed by atoms with Crippen LogP contribution in [0.15, 0.2) is 0 Å². The molecule has 0 bridgehead atoms. The van der Waals surface area contributed by atoms with Gasteiger partial charge in [0.2, 0.25) is 5.91 Å². The molecular weight excluding hydrogens is 250 g/mol. The van der Waals surface area contributed by atoms with Crippen LogP contribution >= 0.6 is 0 Å². The van der Waals surface area contributed by atoms with Crippen molar-refractivity contribution in [3.8, 4) is 0 Å². The zero-order chi connectivity index (χ0) is 14.1. The number of aliphatic hydroxyl groups excluding tert-OH is 2. The zero-order valence-corrected chi connectivity index (χ0v) is 11.5. The van der Waals surface area contributed by atoms with E-state index in [0.717, 1.165) is 18.8 Å². The van der Waals surface area contributed by atoms with E-state index in [9.17, 15) is 4.79 Å². The minimum atomic E-state index is -0.587. The Morgan fingerprint density at radius 3 is 2.53 bits per heavy atom. The highest BCUT2D eigenvalue weighted by molar-refractivity contribution is 5.76. The molecule has 1 amide bonds. The van der Waals surface area contributed by atoms with Crippen LogP contribution in [0.2, 0.25) is 0 Å². The van der Waals surface area contributed by atoms with Gasteiger partial charge in [0.15, 0.2) is 0 Å². The molecule has 3 N–H and O–H groups in total. The Kier molecular flexibility index (Phi) is 7.97. The van der Waals surface area contributed by atoms with Crippen LogP contribution < -0.4 is 5.32 Å². The lowest BCUT2D eigenvalue weighted by Gasteiger charge is -2.32. The van der Waals surface area contributed by atoms with E-state index in [0.29, 0.717) is 25.9 Å². The first kappa shape index (κ1) is 16.4. The normalized spacial score (nSPS) is 22.3. The molecule has 0 aromatic heterocycles. The van der Waals surface area contributed by atoms with Crippen molar-refractivity contribution in [3.63, 3.8) is 0 Å². The first-order valence-electron chi connectivity index (χ1n) is 6.86. The van der Waals surface area contributed by atoms with Crippen LogP contribution in [-0.2, 0) is 14.3 Å². The lowest BCUT2D eigenvalue weighted by Crippen LogP contribution is -2.40. The smallest absolute Gasteiger partial charge is 0.222 e. The fourth-order valence-corrected chi connectivity index (χ4v) is 1.95. The van der Waals surface area contributed by atoms with Crippen LogP contribution in [0.4, 0.5) is 0 Å². The van der Waals surface area contributed by atoms with Crippen LogP contribution in [0.3, 0.4) is 0 Å². The minimum absolute atomic E-state index is 0.219. The van der Waals surface area contributed by atoms with E-state index < -0.39 is 6.04 Å². The van der Waals surface area contributed by atoms with Gasteiger partial charge < -0.3 is 25.0 Å². The van der Waals surface area contributed by atoms with Crippen molar-refractivity contribution in [2.24, 2.45) is 5.92 Å². The van der Waals surface area contributed by atoms with E-state index in [1.165, 1.54) is 0 Å². The van der Waals surface area contributed by atoms with Gasteiger partial charge in [-0.05, 0) is 18.8 Å². The van der Waals surface area contributed by atoms with E-state index in [1.807, 2.05) is 0 Å². The Bertz CT molecular complexity index is 251. The highest BCUT2D eigenvalue weighted by Crippen LogP contribution is 2.28. The Morgan fingerprint density at radius 2 is 1.95 bits per heavy atom. The third-order valence-electron chi connectivity index (χ3n) is 3.19. The molecule has 6 heteroatoms. The van der Waals surface area contributed by atoms with Gasteiger partial charge in [-0.2, -0.15) is 0 Å². The monoisotopic (exact) mass is 275 g/mol. The number of hydrogen-bond donors (Lipinski definition) is 3. The van der Waals surface area contributed by atoms with Crippen LogP contribution in [0.25, 0.3) is 0 Å². The fourth-order valence-electron chi connectivity index (χ4n) is 1.95. The summed E-state index contributed by atoms with van der Waals surface area (Å²) < 4.78 is 10.9. The molecule has 19 heavy (non-hydrogen) atoms. The summed E-state index contributed by atoms with van der Waals surface area (Å²) >= 11 is 0. The number of ether oxygens (including phenoxy) is 2. The molecule has 0 radical (unpaired) electrons. The predicted molar refractivity (Wildman–Crippen MR) is 69.7 cm³/mol. The second-order valence-electron chi connectivity index (χ2n) is 5.06. The van der Waals surface area contributed by atoms with Crippen molar-refractivity contribution in [1.82, 2.24) is 5.32 Å². The lowest BCUT2D eigenvalue weighted by atomic mass is 9.84. The van der Waals surface area contributed by atoms with Crippen LogP contribution in [-0.4, -0.2) is 61.3 Å². The summed E-state index contributed by atoms with van der Waals surface area (Å²) in [6.45, 7) is 3.05. The Balaban J connectivity index is 1.88. The molecule has 1 aliphatic carbocycles. The first-order valence-corrected chi connectivity index (χ1v) is 6.86. The van der Waals surface area contributed by atoms with Crippen molar-refractivity contribution >= 4 is 5.91 Å². The molecule has 1 fully saturated rings. The van der Waals surface area contributed by atoms with Gasteiger partial charge in [0.05, 0.1) is 45.2 Å². The summed E-state index contributed by atoms with van der Waals surface area (Å²) in [5.74, 6) is 0.544. The number of carbonyl (C=O) groups is 1. The van der Waals surface area contributed by atoms with E-state index >= 15 is 0 Å². The molecule has 1 saturated carbocycles. The molecule has 6 nitrogen and oxygen atoms in total. The average Bonchev–Trinajstić information content (AvgIpc) is 2.37. The molecule has 0 aliphatic heterocycles. The summed E-state index contributed by atoms with van der Waals surface area (Å²) in [6, 6.07) is -0.587. The molecular formula is C13H25NO5. The lowest BCUT2D eigenvalue weighted by molar-refractivity contribution is -0.123. The molecule has 0 aromatic rings. The Hall–Kier alpha value is -0.690. The molecule has 0 spiro atoms. The number of hydrogen-bond acceptors (Lipinski definition) is 5. The quantitative estimate of drug-likeness (QED) is 0.476. The summed E-state index contributed by atoms with van der Waals surface area (Å²) in [5, 5.41) is 20.1. The highest BCUT2D eigenvalue weighted by atomic mass is 16.5. The minimum Gasteiger partial charge on any atom is -0.394 e. The van der Waals surface area contributed by atoms with Gasteiger partial charge in [-0.25, -0.2) is 0 Å². The van der Waals surface area contributed by atoms with Gasteiger partial charge in [0.1, 0.15) is 0 Å². The van der Waals surface area contributed by atoms with Crippen molar-refractivity contribution in [3.05, 3.63) is 0 Å². The van der Waals surface area contributed by atoms with Gasteiger partial charge in [0, 0.05) is 6.42 Å². The Labute approximate surface area is 114 Å². The molecule has 1 aliphatic rings. The molecule has 1 rings (SSSR count). The van der Waals surface area contributed by atoms with Crippen LogP contribution in [0.1, 0.15) is 26.2 Å². The van der Waals surface area contributed by atoms with E-state index in [2.05, 4.69) is 12.2 Å². The summed E-state index contributed by atoms with van der Waals surface area (Å²) in [5.41, 5.74) is 0. The largest absolute Gasteiger partial charge is 0.394 e. The number of amides is 1.